The van der Waals surface area contributed by atoms with Gasteiger partial charge in [0.2, 0.25) is 5.96 Å². The first-order chi connectivity index (χ1) is 16.0. The molecule has 1 unspecified atom stereocenters. The summed E-state index contributed by atoms with van der Waals surface area (Å²) in [5, 5.41) is 4.20. The molecule has 33 heavy (non-hydrogen) atoms. The lowest BCUT2D eigenvalue weighted by atomic mass is 10.0. The minimum atomic E-state index is -0.316. The molecule has 7 heteroatoms. The molecule has 170 valence electrons. The predicted molar refractivity (Wildman–Crippen MR) is 137 cm³/mol. The zero-order valence-electron chi connectivity index (χ0n) is 18.3. The fourth-order valence-electron chi connectivity index (χ4n) is 3.81. The third-order valence-electron chi connectivity index (χ3n) is 5.56. The van der Waals surface area contributed by atoms with Crippen LogP contribution in [0.4, 0.5) is 15.8 Å². The Hall–Kier alpha value is -2.89. The Morgan fingerprint density at radius 3 is 2.30 bits per heavy atom. The normalized spacial score (nSPS) is 17.2. The topological polar surface area (TPSA) is 40.0 Å². The van der Waals surface area contributed by atoms with Crippen LogP contribution < -0.4 is 5.32 Å². The third-order valence-corrected chi connectivity index (χ3v) is 6.19. The molecule has 1 aliphatic rings. The summed E-state index contributed by atoms with van der Waals surface area (Å²) in [6, 6.07) is 21.4. The highest BCUT2D eigenvalue weighted by Gasteiger charge is 2.23. The van der Waals surface area contributed by atoms with E-state index in [2.05, 4.69) is 17.1 Å². The number of para-hydroxylation sites is 1. The summed E-state index contributed by atoms with van der Waals surface area (Å²) in [6.07, 6.45) is 3.31. The Morgan fingerprint density at radius 2 is 1.64 bits per heavy atom. The van der Waals surface area contributed by atoms with E-state index in [4.69, 9.17) is 33.2 Å². The second kappa shape index (κ2) is 10.8. The second-order valence-electron chi connectivity index (χ2n) is 7.97. The molecule has 1 saturated heterocycles. The second-order valence-corrected chi connectivity index (χ2v) is 8.79. The van der Waals surface area contributed by atoms with E-state index in [0.717, 1.165) is 25.1 Å². The third kappa shape index (κ3) is 5.92. The highest BCUT2D eigenvalue weighted by molar-refractivity contribution is 6.41. The van der Waals surface area contributed by atoms with Gasteiger partial charge in [-0.1, -0.05) is 47.5 Å². The first-order valence-electron chi connectivity index (χ1n) is 11.0. The van der Waals surface area contributed by atoms with Gasteiger partial charge in [0.25, 0.3) is 0 Å². The predicted octanol–water partition coefficient (Wildman–Crippen LogP) is 7.55. The highest BCUT2D eigenvalue weighted by atomic mass is 35.5. The van der Waals surface area contributed by atoms with Crippen molar-refractivity contribution in [1.82, 2.24) is 4.90 Å². The van der Waals surface area contributed by atoms with Crippen LogP contribution in [0.2, 0.25) is 10.0 Å². The van der Waals surface area contributed by atoms with E-state index in [-0.39, 0.29) is 5.82 Å². The van der Waals surface area contributed by atoms with Crippen LogP contribution in [-0.4, -0.2) is 29.3 Å². The minimum absolute atomic E-state index is 0.291. The molecule has 0 aliphatic carbocycles. The molecule has 3 aromatic carbocycles. The van der Waals surface area contributed by atoms with Crippen molar-refractivity contribution in [1.29, 1.82) is 0 Å². The Labute approximate surface area is 203 Å². The van der Waals surface area contributed by atoms with Crippen molar-refractivity contribution >= 4 is 46.4 Å². The van der Waals surface area contributed by atoms with Crippen LogP contribution in [0.5, 0.6) is 0 Å². The summed E-state index contributed by atoms with van der Waals surface area (Å²) in [7, 11) is 0. The standard InChI is InChI=1S/C26H25Cl2FN4/c1-18-8-5-6-17-33(18)26(31-20-9-3-2-4-10-20)32-25(24-22(27)11-7-12-23(24)28)30-21-15-13-19(29)14-16-21/h2-4,7,9-16,18H,5-6,8,17H2,1H3,(H,30,31,32). The van der Waals surface area contributed by atoms with Gasteiger partial charge >= 0.3 is 0 Å². The first kappa shape index (κ1) is 23.3. The number of likely N-dealkylation sites (tertiary alicyclic amines) is 1. The van der Waals surface area contributed by atoms with Gasteiger partial charge in [-0.2, -0.15) is 4.99 Å². The molecule has 0 aromatic heterocycles. The maximum atomic E-state index is 13.5. The number of nitrogens with zero attached hydrogens (tertiary/aromatic N) is 3. The van der Waals surface area contributed by atoms with Crippen LogP contribution in [0, 0.1) is 5.82 Å². The largest absolute Gasteiger partial charge is 0.340 e. The number of amidine groups is 1. The van der Waals surface area contributed by atoms with Gasteiger partial charge in [-0.25, -0.2) is 9.38 Å². The van der Waals surface area contributed by atoms with Crippen LogP contribution in [0.15, 0.2) is 82.8 Å². The van der Waals surface area contributed by atoms with Crippen LogP contribution >= 0.6 is 23.2 Å². The van der Waals surface area contributed by atoms with Crippen LogP contribution in [0.25, 0.3) is 0 Å². The molecule has 0 saturated carbocycles. The summed E-state index contributed by atoms with van der Waals surface area (Å²) in [5.41, 5.74) is 2.04. The number of benzene rings is 3. The molecule has 1 aliphatic heterocycles. The Kier molecular flexibility index (Phi) is 7.63. The minimum Gasteiger partial charge on any atom is -0.340 e. The maximum absolute atomic E-state index is 13.5. The van der Waals surface area contributed by atoms with Crippen LogP contribution in [-0.2, 0) is 0 Å². The van der Waals surface area contributed by atoms with E-state index in [1.807, 2.05) is 30.3 Å². The molecule has 1 atom stereocenters. The molecule has 1 fully saturated rings. The molecular weight excluding hydrogens is 458 g/mol. The number of rotatable bonds is 3. The van der Waals surface area contributed by atoms with E-state index < -0.39 is 0 Å². The molecule has 1 heterocycles. The van der Waals surface area contributed by atoms with Gasteiger partial charge in [-0.05, 0) is 74.7 Å². The summed E-state index contributed by atoms with van der Waals surface area (Å²) >= 11 is 13.1. The van der Waals surface area contributed by atoms with E-state index in [9.17, 15) is 4.39 Å². The van der Waals surface area contributed by atoms with Crippen molar-refractivity contribution in [3.63, 3.8) is 0 Å². The number of halogens is 3. The number of guanidine groups is 1. The lowest BCUT2D eigenvalue weighted by molar-refractivity contribution is 0.256. The van der Waals surface area contributed by atoms with E-state index in [1.54, 1.807) is 30.3 Å². The summed E-state index contributed by atoms with van der Waals surface area (Å²) in [5.74, 6) is 0.710. The van der Waals surface area contributed by atoms with Crippen molar-refractivity contribution in [3.05, 3.63) is 94.2 Å². The average molecular weight is 483 g/mol. The fraction of sp³-hybridized carbons (Fsp3) is 0.231. The molecule has 4 nitrogen and oxygen atoms in total. The Bertz CT molecular complexity index is 1130. The lowest BCUT2D eigenvalue weighted by Gasteiger charge is -2.34. The van der Waals surface area contributed by atoms with Gasteiger partial charge < -0.3 is 10.2 Å². The molecule has 0 bridgehead atoms. The number of hydrogen-bond acceptors (Lipinski definition) is 1. The van der Waals surface area contributed by atoms with Gasteiger partial charge in [-0.15, -0.1) is 0 Å². The lowest BCUT2D eigenvalue weighted by Crippen LogP contribution is -2.42. The smallest absolute Gasteiger partial charge is 0.228 e. The number of anilines is 1. The zero-order chi connectivity index (χ0) is 23.2. The SMILES string of the molecule is CC1CCCCN1C(=N/c1ccccc1)/N=C(/Nc1ccc(F)cc1)c1c(Cl)cccc1Cl. The van der Waals surface area contributed by atoms with Gasteiger partial charge in [0.1, 0.15) is 11.7 Å². The summed E-state index contributed by atoms with van der Waals surface area (Å²) < 4.78 is 13.5. The van der Waals surface area contributed by atoms with Crippen LogP contribution in [0.3, 0.4) is 0 Å². The van der Waals surface area contributed by atoms with E-state index >= 15 is 0 Å². The Balaban J connectivity index is 1.85. The first-order valence-corrected chi connectivity index (χ1v) is 11.7. The van der Waals surface area contributed by atoms with Crippen molar-refractivity contribution in [2.45, 2.75) is 32.2 Å². The Morgan fingerprint density at radius 1 is 0.939 bits per heavy atom. The number of aliphatic imine (C=N–C) groups is 2. The van der Waals surface area contributed by atoms with Gasteiger partial charge in [0.15, 0.2) is 0 Å². The van der Waals surface area contributed by atoms with Crippen molar-refractivity contribution in [2.75, 3.05) is 11.9 Å². The van der Waals surface area contributed by atoms with Gasteiger partial charge in [-0.3, -0.25) is 0 Å². The number of nitrogens with one attached hydrogen (secondary N) is 1. The summed E-state index contributed by atoms with van der Waals surface area (Å²) in [6.45, 7) is 3.04. The van der Waals surface area contributed by atoms with Crippen molar-refractivity contribution < 1.29 is 4.39 Å². The van der Waals surface area contributed by atoms with E-state index in [0.29, 0.717) is 39.1 Å². The molecule has 0 radical (unpaired) electrons. The maximum Gasteiger partial charge on any atom is 0.228 e. The van der Waals surface area contributed by atoms with Crippen molar-refractivity contribution in [3.8, 4) is 0 Å². The summed E-state index contributed by atoms with van der Waals surface area (Å²) in [4.78, 5) is 12.1. The molecule has 3 aromatic rings. The molecule has 1 N–H and O–H groups in total. The van der Waals surface area contributed by atoms with Gasteiger partial charge in [0.05, 0.1) is 21.3 Å². The molecule has 0 spiro atoms. The zero-order valence-corrected chi connectivity index (χ0v) is 19.8. The van der Waals surface area contributed by atoms with Crippen molar-refractivity contribution in [2.24, 2.45) is 9.98 Å². The highest BCUT2D eigenvalue weighted by Crippen LogP contribution is 2.27. The quantitative estimate of drug-likeness (QED) is 0.309. The molecule has 0 amide bonds. The monoisotopic (exact) mass is 482 g/mol. The fourth-order valence-corrected chi connectivity index (χ4v) is 4.38. The number of hydrogen-bond donors (Lipinski definition) is 1. The van der Waals surface area contributed by atoms with Gasteiger partial charge in [0, 0.05) is 18.3 Å². The van der Waals surface area contributed by atoms with Crippen LogP contribution in [0.1, 0.15) is 31.7 Å². The van der Waals surface area contributed by atoms with E-state index in [1.165, 1.54) is 18.6 Å². The average Bonchev–Trinajstić information content (AvgIpc) is 2.81. The number of piperidine rings is 1. The molecule has 4 rings (SSSR count). The molecular formula is C26H25Cl2FN4.